The minimum absolute atomic E-state index is 0.0546. The van der Waals surface area contributed by atoms with Gasteiger partial charge in [0.05, 0.1) is 20.2 Å². The SMILES string of the molecule is COc1ccc(C(Cc2c(Cl)c[n+](O)cc2Cl)c2c(COC(=O)NC(C(=O)O[C@H]3CN4CCC3CC4)c3ccccc3)cccc2C(=O)[O-])cc1OC. The third kappa shape index (κ3) is 8.62. The van der Waals surface area contributed by atoms with Gasteiger partial charge in [-0.25, -0.2) is 9.59 Å². The van der Waals surface area contributed by atoms with Crippen LogP contribution in [0.4, 0.5) is 4.79 Å². The zero-order valence-electron chi connectivity index (χ0n) is 29.1. The number of rotatable bonds is 13. The molecule has 14 heteroatoms. The maximum Gasteiger partial charge on any atom is 0.408 e. The highest BCUT2D eigenvalue weighted by molar-refractivity contribution is 6.35. The maximum atomic E-state index is 13.6. The van der Waals surface area contributed by atoms with E-state index in [9.17, 15) is 24.7 Å². The number of esters is 1. The summed E-state index contributed by atoms with van der Waals surface area (Å²) in [7, 11) is 2.97. The molecule has 3 aliphatic heterocycles. The van der Waals surface area contributed by atoms with Crippen LogP contribution < -0.4 is 24.6 Å². The van der Waals surface area contributed by atoms with E-state index in [4.69, 9.17) is 42.1 Å². The zero-order chi connectivity index (χ0) is 37.6. The minimum Gasteiger partial charge on any atom is -0.545 e. The van der Waals surface area contributed by atoms with Crippen LogP contribution in [0.15, 0.2) is 79.1 Å². The van der Waals surface area contributed by atoms with Crippen LogP contribution in [0, 0.1) is 5.92 Å². The predicted octanol–water partition coefficient (Wildman–Crippen LogP) is 4.88. The lowest BCUT2D eigenvalue weighted by molar-refractivity contribution is -0.904. The van der Waals surface area contributed by atoms with Gasteiger partial charge in [0.15, 0.2) is 17.5 Å². The molecule has 2 bridgehead atoms. The van der Waals surface area contributed by atoms with E-state index in [-0.39, 0.29) is 46.2 Å². The Balaban J connectivity index is 1.31. The van der Waals surface area contributed by atoms with Crippen LogP contribution in [-0.4, -0.2) is 68.1 Å². The number of benzene rings is 3. The van der Waals surface area contributed by atoms with Crippen molar-refractivity contribution in [3.8, 4) is 11.5 Å². The van der Waals surface area contributed by atoms with Crippen LogP contribution in [0.5, 0.6) is 11.5 Å². The van der Waals surface area contributed by atoms with E-state index in [0.29, 0.717) is 40.3 Å². The molecule has 1 amide bonds. The maximum absolute atomic E-state index is 13.6. The Morgan fingerprint density at radius 3 is 2.26 bits per heavy atom. The number of pyridine rings is 1. The molecule has 4 heterocycles. The van der Waals surface area contributed by atoms with Crippen molar-refractivity contribution in [1.29, 1.82) is 0 Å². The van der Waals surface area contributed by atoms with Gasteiger partial charge in [0.25, 0.3) is 0 Å². The van der Waals surface area contributed by atoms with Gasteiger partial charge in [-0.1, -0.05) is 77.8 Å². The lowest BCUT2D eigenvalue weighted by atomic mass is 9.81. The Kier molecular flexibility index (Phi) is 11.9. The molecule has 0 spiro atoms. The fraction of sp³-hybridized carbons (Fsp3) is 0.333. The van der Waals surface area contributed by atoms with Crippen molar-refractivity contribution in [2.75, 3.05) is 33.9 Å². The third-order valence-corrected chi connectivity index (χ3v) is 10.6. The number of nitrogens with zero attached hydrogens (tertiary/aromatic N) is 2. The molecule has 278 valence electrons. The highest BCUT2D eigenvalue weighted by Crippen LogP contribution is 2.40. The van der Waals surface area contributed by atoms with Crippen molar-refractivity contribution in [3.05, 3.63) is 123 Å². The molecule has 2 N–H and O–H groups in total. The number of ether oxygens (including phenoxy) is 4. The minimum atomic E-state index is -1.46. The standard InChI is InChI=1S/C39H39Cl2N3O9/c1-50-32-12-11-25(17-33(32)51-2)28(18-29-30(40)19-44(49)20-31(29)41)35-26(9-6-10-27(35)37(45)46)22-52-39(48)42-36(24-7-4-3-5-8-24)38(47)53-34-21-43-15-13-23(34)14-16-43/h3-12,17,19-20,23,28,34,36H,13-16,18,21-22H2,1-2H3,(H2-,42,45,46,48,49)/t28?,34-,36?/m0/s1. The fourth-order valence-corrected chi connectivity index (χ4v) is 7.82. The molecule has 3 aromatic carbocycles. The van der Waals surface area contributed by atoms with Gasteiger partial charge in [-0.2, -0.15) is 0 Å². The molecule has 0 saturated carbocycles. The first kappa shape index (κ1) is 37.7. The molecule has 3 fully saturated rings. The van der Waals surface area contributed by atoms with Crippen LogP contribution in [0.3, 0.4) is 0 Å². The van der Waals surface area contributed by atoms with Crippen molar-refractivity contribution in [2.45, 2.75) is 43.9 Å². The summed E-state index contributed by atoms with van der Waals surface area (Å²) in [4.78, 5) is 42.1. The Morgan fingerprint density at radius 1 is 0.943 bits per heavy atom. The molecule has 1 aromatic heterocycles. The number of carbonyl (C=O) groups excluding carboxylic acids is 3. The monoisotopic (exact) mass is 763 g/mol. The van der Waals surface area contributed by atoms with Crippen molar-refractivity contribution in [2.24, 2.45) is 5.92 Å². The highest BCUT2D eigenvalue weighted by atomic mass is 35.5. The number of fused-ring (bicyclic) bond motifs is 3. The van der Waals surface area contributed by atoms with Gasteiger partial charge in [-0.3, -0.25) is 10.1 Å². The van der Waals surface area contributed by atoms with Gasteiger partial charge < -0.3 is 34.2 Å². The van der Waals surface area contributed by atoms with Crippen LogP contribution in [0.1, 0.15) is 63.0 Å². The largest absolute Gasteiger partial charge is 0.545 e. The molecule has 7 rings (SSSR count). The lowest BCUT2D eigenvalue weighted by Gasteiger charge is -2.44. The number of nitrogens with one attached hydrogen (secondary N) is 1. The summed E-state index contributed by atoms with van der Waals surface area (Å²) in [5, 5.41) is 25.6. The molecule has 0 radical (unpaired) electrons. The first-order valence-corrected chi connectivity index (χ1v) is 17.9. The Morgan fingerprint density at radius 2 is 1.64 bits per heavy atom. The van der Waals surface area contributed by atoms with E-state index >= 15 is 0 Å². The van der Waals surface area contributed by atoms with Crippen molar-refractivity contribution < 1.29 is 48.4 Å². The van der Waals surface area contributed by atoms with E-state index in [1.165, 1.54) is 38.7 Å². The smallest absolute Gasteiger partial charge is 0.408 e. The van der Waals surface area contributed by atoms with Crippen LogP contribution in [-0.2, 0) is 27.3 Å². The predicted molar refractivity (Wildman–Crippen MR) is 191 cm³/mol. The summed E-state index contributed by atoms with van der Waals surface area (Å²) in [6.45, 7) is 2.23. The number of amides is 1. The molecule has 3 aliphatic rings. The molecular weight excluding hydrogens is 725 g/mol. The normalized spacial score (nSPS) is 18.8. The highest BCUT2D eigenvalue weighted by Gasteiger charge is 2.38. The third-order valence-electron chi connectivity index (χ3n) is 9.90. The lowest BCUT2D eigenvalue weighted by Crippen LogP contribution is -2.52. The fourth-order valence-electron chi connectivity index (χ4n) is 7.21. The molecule has 12 nitrogen and oxygen atoms in total. The summed E-state index contributed by atoms with van der Waals surface area (Å²) in [5.74, 6) is -1.74. The van der Waals surface area contributed by atoms with Gasteiger partial charge in [0, 0.05) is 28.3 Å². The Hall–Kier alpha value is -5.04. The molecule has 3 atom stereocenters. The van der Waals surface area contributed by atoms with Gasteiger partial charge in [0.2, 0.25) is 12.4 Å². The summed E-state index contributed by atoms with van der Waals surface area (Å²) in [6, 6.07) is 17.3. The van der Waals surface area contributed by atoms with Crippen molar-refractivity contribution in [3.63, 3.8) is 0 Å². The van der Waals surface area contributed by atoms with Gasteiger partial charge in [-0.15, -0.1) is 0 Å². The van der Waals surface area contributed by atoms with E-state index in [2.05, 4.69) is 10.2 Å². The number of alkyl carbamates (subject to hydrolysis) is 1. The second kappa shape index (κ2) is 16.7. The molecule has 3 saturated heterocycles. The molecular formula is C39H39Cl2N3O9. The van der Waals surface area contributed by atoms with Crippen molar-refractivity contribution in [1.82, 2.24) is 10.2 Å². The number of methoxy groups -OCH3 is 2. The Labute approximate surface area is 316 Å². The van der Waals surface area contributed by atoms with Crippen LogP contribution in [0.25, 0.3) is 0 Å². The van der Waals surface area contributed by atoms with Crippen molar-refractivity contribution >= 4 is 41.2 Å². The number of carboxylic acid groups (broad SMARTS) is 1. The Bertz CT molecular complexity index is 1950. The number of halogens is 2. The summed E-state index contributed by atoms with van der Waals surface area (Å²) in [6.07, 6.45) is 3.29. The number of hydrogen-bond donors (Lipinski definition) is 2. The summed E-state index contributed by atoms with van der Waals surface area (Å²) >= 11 is 13.1. The number of aromatic carboxylic acids is 1. The second-order valence-corrected chi connectivity index (χ2v) is 13.8. The summed E-state index contributed by atoms with van der Waals surface area (Å²) in [5.41, 5.74) is 1.98. The number of aromatic nitrogens is 1. The quantitative estimate of drug-likeness (QED) is 0.110. The first-order chi connectivity index (χ1) is 25.6. The number of hydrogen-bond acceptors (Lipinski definition) is 10. The second-order valence-electron chi connectivity index (χ2n) is 13.0. The van der Waals surface area contributed by atoms with Gasteiger partial charge in [0.1, 0.15) is 22.8 Å². The van der Waals surface area contributed by atoms with Gasteiger partial charge in [-0.05, 0) is 72.7 Å². The van der Waals surface area contributed by atoms with E-state index in [1.54, 1.807) is 54.6 Å². The zero-order valence-corrected chi connectivity index (χ0v) is 30.6. The van der Waals surface area contributed by atoms with Crippen LogP contribution >= 0.6 is 23.2 Å². The first-order valence-electron chi connectivity index (χ1n) is 17.1. The molecule has 53 heavy (non-hydrogen) atoms. The number of carbonyl (C=O) groups is 3. The number of piperidine rings is 3. The van der Waals surface area contributed by atoms with Crippen LogP contribution in [0.2, 0.25) is 10.0 Å². The van der Waals surface area contributed by atoms with Gasteiger partial charge >= 0.3 is 12.1 Å². The molecule has 2 unspecified atom stereocenters. The molecule has 4 aromatic rings. The summed E-state index contributed by atoms with van der Waals surface area (Å²) < 4.78 is 23.4. The molecule has 0 aliphatic carbocycles. The average Bonchev–Trinajstić information content (AvgIpc) is 3.16. The topological polar surface area (TPSA) is 151 Å². The van der Waals surface area contributed by atoms with E-state index in [0.717, 1.165) is 30.7 Å². The number of carboxylic acids is 1. The van der Waals surface area contributed by atoms with E-state index in [1.807, 2.05) is 0 Å². The van der Waals surface area contributed by atoms with E-state index < -0.39 is 30.0 Å². The average molecular weight is 765 g/mol.